The molecule has 0 bridgehead atoms. The molecule has 0 unspecified atom stereocenters. The third-order valence-corrected chi connectivity index (χ3v) is 5.61. The molecule has 0 aliphatic heterocycles. The molecule has 6 nitrogen and oxygen atoms in total. The topological polar surface area (TPSA) is 66.0 Å². The summed E-state index contributed by atoms with van der Waals surface area (Å²) in [6.07, 6.45) is 12.5. The van der Waals surface area contributed by atoms with Crippen molar-refractivity contribution in [2.75, 3.05) is 30.9 Å². The van der Waals surface area contributed by atoms with Gasteiger partial charge in [-0.15, -0.1) is 0 Å². The van der Waals surface area contributed by atoms with Crippen LogP contribution in [0.4, 0.5) is 11.8 Å². The Hall–Kier alpha value is -2.99. The van der Waals surface area contributed by atoms with Crippen molar-refractivity contribution >= 4 is 28.7 Å². The molecule has 2 heterocycles. The van der Waals surface area contributed by atoms with E-state index < -0.39 is 0 Å². The van der Waals surface area contributed by atoms with Crippen molar-refractivity contribution in [2.45, 2.75) is 37.8 Å². The summed E-state index contributed by atoms with van der Waals surface area (Å²) in [5.41, 5.74) is 2.17. The second kappa shape index (κ2) is 9.67. The zero-order valence-corrected chi connectivity index (χ0v) is 17.8. The quantitative estimate of drug-likeness (QED) is 0.620. The monoisotopic (exact) mass is 402 g/mol. The second-order valence-electron chi connectivity index (χ2n) is 8.07. The number of anilines is 2. The molecule has 1 fully saturated rings. The van der Waals surface area contributed by atoms with Crippen molar-refractivity contribution in [2.24, 2.45) is 0 Å². The Balaban J connectivity index is 1.29. The SMILES string of the molecule is CN(C)c1nc(N[C@H]2CC[C@@H](NC/C=C/c3ccncc3)CC2)nc2ccccc12. The number of nitrogens with zero attached hydrogens (tertiary/aromatic N) is 4. The number of nitrogens with one attached hydrogen (secondary N) is 2. The predicted octanol–water partition coefficient (Wildman–Crippen LogP) is 4.12. The van der Waals surface area contributed by atoms with Crippen molar-refractivity contribution in [1.82, 2.24) is 20.3 Å². The number of fused-ring (bicyclic) bond motifs is 1. The average molecular weight is 403 g/mol. The third-order valence-electron chi connectivity index (χ3n) is 5.61. The predicted molar refractivity (Wildman–Crippen MR) is 125 cm³/mol. The molecular formula is C24H30N6. The second-order valence-corrected chi connectivity index (χ2v) is 8.07. The Morgan fingerprint density at radius 2 is 1.70 bits per heavy atom. The summed E-state index contributed by atoms with van der Waals surface area (Å²) in [4.78, 5) is 15.6. The molecule has 1 aromatic carbocycles. The van der Waals surface area contributed by atoms with Gasteiger partial charge in [-0.3, -0.25) is 4.98 Å². The van der Waals surface area contributed by atoms with E-state index >= 15 is 0 Å². The average Bonchev–Trinajstić information content (AvgIpc) is 2.78. The number of hydrogen-bond acceptors (Lipinski definition) is 6. The van der Waals surface area contributed by atoms with Gasteiger partial charge in [0.25, 0.3) is 0 Å². The van der Waals surface area contributed by atoms with Crippen LogP contribution in [0.25, 0.3) is 17.0 Å². The fourth-order valence-corrected chi connectivity index (χ4v) is 3.99. The van der Waals surface area contributed by atoms with Gasteiger partial charge >= 0.3 is 0 Å². The number of aromatic nitrogens is 3. The Labute approximate surface area is 178 Å². The maximum atomic E-state index is 4.78. The lowest BCUT2D eigenvalue weighted by Crippen LogP contribution is -2.37. The minimum atomic E-state index is 0.423. The molecule has 0 amide bonds. The van der Waals surface area contributed by atoms with Gasteiger partial charge in [-0.2, -0.15) is 4.98 Å². The smallest absolute Gasteiger partial charge is 0.225 e. The van der Waals surface area contributed by atoms with E-state index in [0.717, 1.165) is 54.9 Å². The number of para-hydroxylation sites is 1. The summed E-state index contributed by atoms with van der Waals surface area (Å²) in [7, 11) is 4.05. The van der Waals surface area contributed by atoms with Gasteiger partial charge in [-0.1, -0.05) is 24.3 Å². The van der Waals surface area contributed by atoms with Gasteiger partial charge in [0.05, 0.1) is 5.52 Å². The summed E-state index contributed by atoms with van der Waals surface area (Å²) in [6.45, 7) is 0.894. The van der Waals surface area contributed by atoms with Crippen LogP contribution in [0.1, 0.15) is 31.2 Å². The molecule has 1 aliphatic carbocycles. The van der Waals surface area contributed by atoms with Crippen molar-refractivity contribution in [3.8, 4) is 0 Å². The molecular weight excluding hydrogens is 372 g/mol. The lowest BCUT2D eigenvalue weighted by atomic mass is 9.91. The fourth-order valence-electron chi connectivity index (χ4n) is 3.99. The van der Waals surface area contributed by atoms with Crippen LogP contribution >= 0.6 is 0 Å². The normalized spacial score (nSPS) is 19.3. The van der Waals surface area contributed by atoms with Crippen LogP contribution in [0.15, 0.2) is 54.9 Å². The van der Waals surface area contributed by atoms with Gasteiger partial charge in [0.15, 0.2) is 0 Å². The summed E-state index contributed by atoms with van der Waals surface area (Å²) in [5.74, 6) is 1.69. The van der Waals surface area contributed by atoms with E-state index in [-0.39, 0.29) is 0 Å². The minimum absolute atomic E-state index is 0.423. The van der Waals surface area contributed by atoms with Crippen LogP contribution in [0.3, 0.4) is 0 Å². The van der Waals surface area contributed by atoms with Gasteiger partial charge in [0, 0.05) is 50.5 Å². The van der Waals surface area contributed by atoms with Crippen LogP contribution in [-0.4, -0.2) is 47.7 Å². The lowest BCUT2D eigenvalue weighted by molar-refractivity contribution is 0.363. The molecule has 0 atom stereocenters. The molecule has 3 aromatic rings. The summed E-state index contributed by atoms with van der Waals surface area (Å²) >= 11 is 0. The zero-order chi connectivity index (χ0) is 20.8. The van der Waals surface area contributed by atoms with E-state index in [1.807, 2.05) is 50.8 Å². The molecule has 156 valence electrons. The summed E-state index contributed by atoms with van der Waals surface area (Å²) in [5, 5.41) is 8.32. The highest BCUT2D eigenvalue weighted by molar-refractivity contribution is 5.90. The summed E-state index contributed by atoms with van der Waals surface area (Å²) in [6, 6.07) is 13.2. The van der Waals surface area contributed by atoms with Crippen LogP contribution in [-0.2, 0) is 0 Å². The van der Waals surface area contributed by atoms with Crippen molar-refractivity contribution in [3.63, 3.8) is 0 Å². The van der Waals surface area contributed by atoms with Crippen molar-refractivity contribution in [1.29, 1.82) is 0 Å². The van der Waals surface area contributed by atoms with E-state index in [2.05, 4.69) is 44.8 Å². The van der Waals surface area contributed by atoms with Gasteiger partial charge in [0.2, 0.25) is 5.95 Å². The van der Waals surface area contributed by atoms with Gasteiger partial charge < -0.3 is 15.5 Å². The van der Waals surface area contributed by atoms with Crippen molar-refractivity contribution in [3.05, 3.63) is 60.4 Å². The maximum absolute atomic E-state index is 4.78. The summed E-state index contributed by atoms with van der Waals surface area (Å²) < 4.78 is 0. The molecule has 0 saturated heterocycles. The molecule has 4 rings (SSSR count). The standard InChI is InChI=1S/C24H30N6/c1-30(2)23-21-7-3-4-8-22(21)28-24(29-23)27-20-11-9-19(10-12-20)26-15-5-6-18-13-16-25-17-14-18/h3-8,13-14,16-17,19-20,26H,9-12,15H2,1-2H3,(H,27,28,29)/b6-5+/t19-,20+. The first-order valence-corrected chi connectivity index (χ1v) is 10.7. The first-order valence-electron chi connectivity index (χ1n) is 10.7. The van der Waals surface area contributed by atoms with Crippen LogP contribution in [0.2, 0.25) is 0 Å². The first kappa shape index (κ1) is 20.3. The van der Waals surface area contributed by atoms with E-state index in [0.29, 0.717) is 12.1 Å². The minimum Gasteiger partial charge on any atom is -0.362 e. The van der Waals surface area contributed by atoms with E-state index in [1.165, 1.54) is 5.56 Å². The molecule has 2 aromatic heterocycles. The van der Waals surface area contributed by atoms with E-state index in [1.54, 1.807) is 0 Å². The fraction of sp³-hybridized carbons (Fsp3) is 0.375. The van der Waals surface area contributed by atoms with Crippen LogP contribution in [0.5, 0.6) is 0 Å². The van der Waals surface area contributed by atoms with Crippen LogP contribution < -0.4 is 15.5 Å². The molecule has 0 spiro atoms. The Morgan fingerprint density at radius 3 is 2.47 bits per heavy atom. The first-order chi connectivity index (χ1) is 14.7. The highest BCUT2D eigenvalue weighted by atomic mass is 15.2. The number of hydrogen-bond donors (Lipinski definition) is 2. The van der Waals surface area contributed by atoms with Crippen molar-refractivity contribution < 1.29 is 0 Å². The number of pyridine rings is 1. The van der Waals surface area contributed by atoms with Gasteiger partial charge in [-0.25, -0.2) is 4.98 Å². The lowest BCUT2D eigenvalue weighted by Gasteiger charge is -2.29. The maximum Gasteiger partial charge on any atom is 0.225 e. The molecule has 6 heteroatoms. The Bertz CT molecular complexity index is 977. The number of benzene rings is 1. The van der Waals surface area contributed by atoms with Crippen LogP contribution in [0, 0.1) is 0 Å². The molecule has 0 radical (unpaired) electrons. The number of rotatable bonds is 7. The largest absolute Gasteiger partial charge is 0.362 e. The van der Waals surface area contributed by atoms with Gasteiger partial charge in [0.1, 0.15) is 5.82 Å². The van der Waals surface area contributed by atoms with E-state index in [4.69, 9.17) is 9.97 Å². The zero-order valence-electron chi connectivity index (χ0n) is 17.8. The highest BCUT2D eigenvalue weighted by Gasteiger charge is 2.21. The molecule has 1 aliphatic rings. The Morgan fingerprint density at radius 1 is 0.967 bits per heavy atom. The van der Waals surface area contributed by atoms with Gasteiger partial charge in [-0.05, 0) is 55.5 Å². The van der Waals surface area contributed by atoms with E-state index in [9.17, 15) is 0 Å². The molecule has 30 heavy (non-hydrogen) atoms. The molecule has 2 N–H and O–H groups in total. The highest BCUT2D eigenvalue weighted by Crippen LogP contribution is 2.26. The Kier molecular flexibility index (Phi) is 6.54. The third kappa shape index (κ3) is 5.13. The molecule has 1 saturated carbocycles.